The van der Waals surface area contributed by atoms with E-state index in [0.29, 0.717) is 24.5 Å². The van der Waals surface area contributed by atoms with Crippen molar-refractivity contribution in [1.82, 2.24) is 29.5 Å². The van der Waals surface area contributed by atoms with Gasteiger partial charge >= 0.3 is 6.03 Å². The summed E-state index contributed by atoms with van der Waals surface area (Å²) in [4.78, 5) is 20.4. The molecule has 7 nitrogen and oxygen atoms in total. The fourth-order valence-corrected chi connectivity index (χ4v) is 1.69. The van der Waals surface area contributed by atoms with Crippen molar-refractivity contribution in [2.75, 3.05) is 0 Å². The molecule has 2 heterocycles. The van der Waals surface area contributed by atoms with Gasteiger partial charge in [-0.15, -0.1) is 5.10 Å². The number of nitrogens with zero attached hydrogens (tertiary/aromatic N) is 6. The second kappa shape index (κ2) is 4.91. The molecule has 0 aromatic carbocycles. The molecule has 0 spiro atoms. The maximum atomic E-state index is 12.3. The minimum atomic E-state index is -0.357. The van der Waals surface area contributed by atoms with Crippen LogP contribution in [0.1, 0.15) is 39.3 Å². The maximum absolute atomic E-state index is 12.3. The van der Waals surface area contributed by atoms with Gasteiger partial charge in [0.15, 0.2) is 5.82 Å². The van der Waals surface area contributed by atoms with Crippen LogP contribution in [-0.4, -0.2) is 35.6 Å². The number of carbonyl (C=O) groups is 1. The summed E-state index contributed by atoms with van der Waals surface area (Å²) < 4.78 is 2.47. The van der Waals surface area contributed by atoms with Gasteiger partial charge in [-0.2, -0.15) is 14.5 Å². The Morgan fingerprint density at radius 1 is 1.37 bits per heavy atom. The molecular weight excluding hydrogens is 244 g/mol. The number of hydrogen-bond donors (Lipinski definition) is 0. The summed E-state index contributed by atoms with van der Waals surface area (Å²) in [5, 5.41) is 8.07. The highest BCUT2D eigenvalue weighted by Gasteiger charge is 2.22. The molecule has 0 saturated carbocycles. The van der Waals surface area contributed by atoms with Crippen LogP contribution in [-0.2, 0) is 12.8 Å². The Morgan fingerprint density at radius 2 is 2.11 bits per heavy atom. The Labute approximate surface area is 111 Å². The molecule has 0 unspecified atom stereocenters. The lowest BCUT2D eigenvalue weighted by atomic mass is 9.92. The van der Waals surface area contributed by atoms with E-state index in [1.165, 1.54) is 17.3 Å². The number of rotatable bonds is 2. The van der Waals surface area contributed by atoms with Crippen LogP contribution in [0.2, 0.25) is 0 Å². The van der Waals surface area contributed by atoms with Gasteiger partial charge in [0, 0.05) is 12.8 Å². The van der Waals surface area contributed by atoms with E-state index in [1.807, 2.05) is 6.92 Å². The molecule has 0 aliphatic heterocycles. The molecule has 7 heteroatoms. The van der Waals surface area contributed by atoms with Crippen LogP contribution in [0.25, 0.3) is 0 Å². The van der Waals surface area contributed by atoms with Gasteiger partial charge in [0.25, 0.3) is 0 Å². The summed E-state index contributed by atoms with van der Waals surface area (Å²) >= 11 is 0. The monoisotopic (exact) mass is 262 g/mol. The first-order valence-electron chi connectivity index (χ1n) is 6.25. The van der Waals surface area contributed by atoms with Gasteiger partial charge in [-0.3, -0.25) is 0 Å². The van der Waals surface area contributed by atoms with E-state index in [1.54, 1.807) is 0 Å². The van der Waals surface area contributed by atoms with Crippen LogP contribution in [0.3, 0.4) is 0 Å². The second-order valence-corrected chi connectivity index (χ2v) is 5.57. The molecule has 0 fully saturated rings. The van der Waals surface area contributed by atoms with Gasteiger partial charge < -0.3 is 0 Å². The van der Waals surface area contributed by atoms with E-state index in [2.05, 4.69) is 40.9 Å². The average Bonchev–Trinajstić information content (AvgIpc) is 2.94. The third kappa shape index (κ3) is 3.04. The lowest BCUT2D eigenvalue weighted by Crippen LogP contribution is -2.25. The molecule has 0 bridgehead atoms. The summed E-state index contributed by atoms with van der Waals surface area (Å²) in [5.41, 5.74) is 0.0262. The minimum Gasteiger partial charge on any atom is -0.243 e. The summed E-state index contributed by atoms with van der Waals surface area (Å²) in [6.45, 7) is 8.24. The van der Waals surface area contributed by atoms with Gasteiger partial charge in [0.2, 0.25) is 0 Å². The number of aryl methyl sites for hydroxylation is 1. The largest absolute Gasteiger partial charge is 0.372 e. The fourth-order valence-electron chi connectivity index (χ4n) is 1.69. The van der Waals surface area contributed by atoms with Gasteiger partial charge in [0.05, 0.1) is 0 Å². The van der Waals surface area contributed by atoms with Crippen molar-refractivity contribution < 1.29 is 4.79 Å². The predicted octanol–water partition coefficient (Wildman–Crippen LogP) is 1.54. The second-order valence-electron chi connectivity index (χ2n) is 5.57. The zero-order chi connectivity index (χ0) is 14.0. The topological polar surface area (TPSA) is 78.5 Å². The van der Waals surface area contributed by atoms with E-state index >= 15 is 0 Å². The lowest BCUT2D eigenvalue weighted by Gasteiger charge is -2.16. The van der Waals surface area contributed by atoms with Crippen LogP contribution >= 0.6 is 0 Å². The van der Waals surface area contributed by atoms with Gasteiger partial charge in [0.1, 0.15) is 18.5 Å². The van der Waals surface area contributed by atoms with Crippen molar-refractivity contribution in [2.24, 2.45) is 5.41 Å². The highest BCUT2D eigenvalue weighted by molar-refractivity contribution is 5.77. The van der Waals surface area contributed by atoms with E-state index < -0.39 is 0 Å². The lowest BCUT2D eigenvalue weighted by molar-refractivity contribution is 0.236. The van der Waals surface area contributed by atoms with Crippen molar-refractivity contribution in [3.8, 4) is 0 Å². The van der Waals surface area contributed by atoms with E-state index in [9.17, 15) is 4.79 Å². The molecule has 0 aliphatic carbocycles. The molecule has 0 aliphatic rings. The minimum absolute atomic E-state index is 0.0262. The smallest absolute Gasteiger partial charge is 0.243 e. The SMILES string of the molecule is CCc1nc(CC(C)(C)C)n(C(=O)n2cncn2)n1. The first kappa shape index (κ1) is 13.4. The van der Waals surface area contributed by atoms with Crippen molar-refractivity contribution in [3.05, 3.63) is 24.3 Å². The molecule has 2 aromatic rings. The van der Waals surface area contributed by atoms with Crippen molar-refractivity contribution in [1.29, 1.82) is 0 Å². The Bertz CT molecular complexity index is 564. The zero-order valence-electron chi connectivity index (χ0n) is 11.7. The average molecular weight is 262 g/mol. The van der Waals surface area contributed by atoms with Crippen LogP contribution in [0.15, 0.2) is 12.7 Å². The fraction of sp³-hybridized carbons (Fsp3) is 0.583. The molecule has 0 saturated heterocycles. The van der Waals surface area contributed by atoms with Gasteiger partial charge in [-0.25, -0.2) is 14.8 Å². The highest BCUT2D eigenvalue weighted by Crippen LogP contribution is 2.19. The van der Waals surface area contributed by atoms with Crippen molar-refractivity contribution in [3.63, 3.8) is 0 Å². The van der Waals surface area contributed by atoms with Crippen molar-refractivity contribution >= 4 is 6.03 Å². The van der Waals surface area contributed by atoms with E-state index in [4.69, 9.17) is 0 Å². The van der Waals surface area contributed by atoms with Crippen LogP contribution in [0.4, 0.5) is 4.79 Å². The molecule has 2 rings (SSSR count). The molecule has 0 atom stereocenters. The summed E-state index contributed by atoms with van der Waals surface area (Å²) in [7, 11) is 0. The third-order valence-corrected chi connectivity index (χ3v) is 2.52. The van der Waals surface area contributed by atoms with Crippen LogP contribution < -0.4 is 0 Å². The third-order valence-electron chi connectivity index (χ3n) is 2.52. The Hall–Kier alpha value is -2.05. The maximum Gasteiger partial charge on any atom is 0.372 e. The van der Waals surface area contributed by atoms with Crippen LogP contribution in [0.5, 0.6) is 0 Å². The molecule has 2 aromatic heterocycles. The predicted molar refractivity (Wildman–Crippen MR) is 68.8 cm³/mol. The Morgan fingerprint density at radius 3 is 2.63 bits per heavy atom. The number of hydrogen-bond acceptors (Lipinski definition) is 5. The first-order valence-corrected chi connectivity index (χ1v) is 6.25. The summed E-state index contributed by atoms with van der Waals surface area (Å²) in [6.07, 6.45) is 4.03. The molecule has 0 radical (unpaired) electrons. The quantitative estimate of drug-likeness (QED) is 0.820. The van der Waals surface area contributed by atoms with Crippen LogP contribution in [0, 0.1) is 5.41 Å². The molecule has 0 amide bonds. The number of carbonyl (C=O) groups excluding carboxylic acids is 1. The van der Waals surface area contributed by atoms with E-state index in [0.717, 1.165) is 4.68 Å². The molecule has 19 heavy (non-hydrogen) atoms. The Kier molecular flexibility index (Phi) is 3.46. The summed E-state index contributed by atoms with van der Waals surface area (Å²) in [5.74, 6) is 1.32. The molecular formula is C12H18N6O. The standard InChI is InChI=1S/C12H18N6O/c1-5-9-15-10(6-12(2,3)4)18(16-9)11(19)17-8-13-7-14-17/h7-8H,5-6H2,1-4H3. The highest BCUT2D eigenvalue weighted by atomic mass is 16.2. The Balaban J connectivity index is 2.38. The summed E-state index contributed by atoms with van der Waals surface area (Å²) in [6, 6.07) is -0.357. The first-order chi connectivity index (χ1) is 8.90. The molecule has 102 valence electrons. The zero-order valence-corrected chi connectivity index (χ0v) is 11.7. The van der Waals surface area contributed by atoms with E-state index in [-0.39, 0.29) is 11.4 Å². The number of aromatic nitrogens is 6. The normalized spacial score (nSPS) is 11.8. The van der Waals surface area contributed by atoms with Gasteiger partial charge in [-0.1, -0.05) is 27.7 Å². The molecule has 0 N–H and O–H groups in total. The van der Waals surface area contributed by atoms with Crippen molar-refractivity contribution in [2.45, 2.75) is 40.5 Å². The van der Waals surface area contributed by atoms with Gasteiger partial charge in [-0.05, 0) is 5.41 Å².